The zero-order chi connectivity index (χ0) is 20.8. The topological polar surface area (TPSA) is 98.2 Å². The molecule has 0 unspecified atom stereocenters. The zero-order valence-electron chi connectivity index (χ0n) is 15.9. The molecule has 0 saturated carbocycles. The average Bonchev–Trinajstić information content (AvgIpc) is 3.42. The van der Waals surface area contributed by atoms with E-state index in [9.17, 15) is 0 Å². The minimum atomic E-state index is -0.250. The van der Waals surface area contributed by atoms with Gasteiger partial charge in [-0.2, -0.15) is 5.10 Å². The van der Waals surface area contributed by atoms with Gasteiger partial charge in [-0.15, -0.1) is 0 Å². The summed E-state index contributed by atoms with van der Waals surface area (Å²) >= 11 is 0. The lowest BCUT2D eigenvalue weighted by molar-refractivity contribution is -0.122. The number of rotatable bonds is 4. The third-order valence-electron chi connectivity index (χ3n) is 4.49. The smallest absolute Gasteiger partial charge is 0.290 e. The Morgan fingerprint density at radius 1 is 0.900 bits per heavy atom. The molecule has 30 heavy (non-hydrogen) atoms. The molecule has 148 valence electrons. The summed E-state index contributed by atoms with van der Waals surface area (Å²) in [5, 5.41) is 11.3. The first-order valence-corrected chi connectivity index (χ1v) is 9.18. The summed E-state index contributed by atoms with van der Waals surface area (Å²) in [6, 6.07) is 16.1. The molecule has 0 radical (unpaired) electrons. The van der Waals surface area contributed by atoms with Crippen molar-refractivity contribution >= 4 is 12.1 Å². The molecule has 4 heterocycles. The monoisotopic (exact) mass is 398 g/mol. The second kappa shape index (κ2) is 8.78. The molecule has 0 atom stereocenters. The summed E-state index contributed by atoms with van der Waals surface area (Å²) in [5.41, 5.74) is 4.95. The normalized spacial score (nSPS) is 10.4. The molecule has 5 aromatic rings. The fraction of sp³-hybridized carbons (Fsp3) is 0.0455. The molecular formula is C22H18N6O2. The van der Waals surface area contributed by atoms with Crippen LogP contribution >= 0.6 is 0 Å². The van der Waals surface area contributed by atoms with Crippen molar-refractivity contribution in [1.29, 1.82) is 0 Å². The number of fused-ring (bicyclic) bond motifs is 1. The number of pyridine rings is 1. The zero-order valence-corrected chi connectivity index (χ0v) is 15.9. The first kappa shape index (κ1) is 19.0. The molecule has 8 nitrogen and oxygen atoms in total. The summed E-state index contributed by atoms with van der Waals surface area (Å²) in [4.78, 5) is 21.8. The molecule has 0 amide bonds. The first-order valence-electron chi connectivity index (χ1n) is 9.18. The van der Waals surface area contributed by atoms with Crippen LogP contribution in [-0.2, 0) is 11.3 Å². The van der Waals surface area contributed by atoms with E-state index in [0.29, 0.717) is 6.54 Å². The predicted octanol–water partition coefficient (Wildman–Crippen LogP) is 3.40. The minimum absolute atomic E-state index is 0.250. The summed E-state index contributed by atoms with van der Waals surface area (Å²) < 4.78 is 3.89. The molecule has 0 spiro atoms. The summed E-state index contributed by atoms with van der Waals surface area (Å²) in [6.45, 7) is 0.429. The van der Waals surface area contributed by atoms with Crippen LogP contribution < -0.4 is 0 Å². The number of carbonyl (C=O) groups is 1. The summed E-state index contributed by atoms with van der Waals surface area (Å²) in [7, 11) is 0. The number of hydrogen-bond acceptors (Lipinski definition) is 5. The molecule has 0 bridgehead atoms. The van der Waals surface area contributed by atoms with Gasteiger partial charge in [0, 0.05) is 42.1 Å². The van der Waals surface area contributed by atoms with E-state index >= 15 is 0 Å². The van der Waals surface area contributed by atoms with Crippen LogP contribution in [0.15, 0.2) is 85.7 Å². The van der Waals surface area contributed by atoms with E-state index in [1.807, 2.05) is 61.3 Å². The average molecular weight is 398 g/mol. The Kier molecular flexibility index (Phi) is 5.56. The molecular weight excluding hydrogens is 380 g/mol. The van der Waals surface area contributed by atoms with Crippen molar-refractivity contribution in [3.63, 3.8) is 0 Å². The third kappa shape index (κ3) is 3.93. The Balaban J connectivity index is 0.000000687. The highest BCUT2D eigenvalue weighted by Gasteiger charge is 2.11. The van der Waals surface area contributed by atoms with E-state index in [4.69, 9.17) is 9.90 Å². The third-order valence-corrected chi connectivity index (χ3v) is 4.49. The number of imidazole rings is 1. The fourth-order valence-electron chi connectivity index (χ4n) is 3.22. The maximum atomic E-state index is 8.36. The van der Waals surface area contributed by atoms with Crippen LogP contribution in [-0.4, -0.2) is 40.7 Å². The highest BCUT2D eigenvalue weighted by Crippen LogP contribution is 2.27. The molecule has 0 saturated heterocycles. The van der Waals surface area contributed by atoms with Gasteiger partial charge >= 0.3 is 0 Å². The van der Waals surface area contributed by atoms with E-state index in [0.717, 1.165) is 33.9 Å². The molecule has 0 aliphatic rings. The molecule has 0 fully saturated rings. The number of nitrogens with zero attached hydrogens (tertiary/aromatic N) is 6. The van der Waals surface area contributed by atoms with Gasteiger partial charge < -0.3 is 9.67 Å². The largest absolute Gasteiger partial charge is 0.483 e. The fourth-order valence-corrected chi connectivity index (χ4v) is 3.22. The number of aromatic nitrogens is 6. The van der Waals surface area contributed by atoms with Gasteiger partial charge in [-0.3, -0.25) is 9.78 Å². The lowest BCUT2D eigenvalue weighted by Crippen LogP contribution is -2.02. The molecule has 1 N–H and O–H groups in total. The van der Waals surface area contributed by atoms with Crippen LogP contribution in [0.1, 0.15) is 5.69 Å². The second-order valence-electron chi connectivity index (χ2n) is 6.33. The van der Waals surface area contributed by atoms with Crippen molar-refractivity contribution in [1.82, 2.24) is 29.1 Å². The SMILES string of the molecule is O=CO.c1ccc(Cn2ccnc2-c2cccc(-c3cnn4cccnc34)c2)nc1. The molecule has 4 aromatic heterocycles. The van der Waals surface area contributed by atoms with E-state index in [1.54, 1.807) is 10.7 Å². The highest BCUT2D eigenvalue weighted by atomic mass is 16.3. The van der Waals surface area contributed by atoms with Gasteiger partial charge in [0.1, 0.15) is 5.82 Å². The van der Waals surface area contributed by atoms with Gasteiger partial charge in [-0.25, -0.2) is 14.5 Å². The van der Waals surface area contributed by atoms with Crippen LogP contribution in [0.2, 0.25) is 0 Å². The van der Waals surface area contributed by atoms with Gasteiger partial charge in [-0.05, 0) is 29.8 Å². The van der Waals surface area contributed by atoms with Gasteiger partial charge in [0.05, 0.1) is 18.4 Å². The van der Waals surface area contributed by atoms with Gasteiger partial charge in [0.25, 0.3) is 6.47 Å². The van der Waals surface area contributed by atoms with E-state index < -0.39 is 0 Å². The molecule has 8 heteroatoms. The minimum Gasteiger partial charge on any atom is -0.483 e. The first-order chi connectivity index (χ1) is 14.8. The molecule has 5 rings (SSSR count). The van der Waals surface area contributed by atoms with Crippen LogP contribution in [0.5, 0.6) is 0 Å². The summed E-state index contributed by atoms with van der Waals surface area (Å²) in [5.74, 6) is 0.909. The second-order valence-corrected chi connectivity index (χ2v) is 6.33. The maximum absolute atomic E-state index is 8.36. The van der Waals surface area contributed by atoms with Crippen LogP contribution in [0.4, 0.5) is 0 Å². The van der Waals surface area contributed by atoms with Gasteiger partial charge in [-0.1, -0.05) is 24.3 Å². The lowest BCUT2D eigenvalue weighted by atomic mass is 10.1. The van der Waals surface area contributed by atoms with Gasteiger partial charge in [0.2, 0.25) is 0 Å². The Labute approximate surface area is 172 Å². The molecule has 1 aromatic carbocycles. The quantitative estimate of drug-likeness (QED) is 0.466. The van der Waals surface area contributed by atoms with Crippen molar-refractivity contribution < 1.29 is 9.90 Å². The standard InChI is InChI=1S/C21H16N6.CH2O2/c1-2-8-22-18(7-1)15-26-12-10-24-20(26)17-6-3-5-16(13-17)19-14-25-27-11-4-9-23-21(19)27;2-1-3/h1-14H,15H2;1H,(H,2,3). The summed E-state index contributed by atoms with van der Waals surface area (Å²) in [6.07, 6.45) is 11.1. The van der Waals surface area contributed by atoms with Crippen molar-refractivity contribution in [3.8, 4) is 22.5 Å². The van der Waals surface area contributed by atoms with E-state index in [-0.39, 0.29) is 6.47 Å². The van der Waals surface area contributed by atoms with Gasteiger partial charge in [0.15, 0.2) is 5.65 Å². The van der Waals surface area contributed by atoms with E-state index in [1.165, 1.54) is 0 Å². The number of carboxylic acid groups (broad SMARTS) is 1. The van der Waals surface area contributed by atoms with Crippen LogP contribution in [0, 0.1) is 0 Å². The lowest BCUT2D eigenvalue weighted by Gasteiger charge is -2.09. The Morgan fingerprint density at radius 2 is 1.73 bits per heavy atom. The van der Waals surface area contributed by atoms with E-state index in [2.05, 4.69) is 42.8 Å². The van der Waals surface area contributed by atoms with Crippen molar-refractivity contribution in [2.24, 2.45) is 0 Å². The van der Waals surface area contributed by atoms with Crippen molar-refractivity contribution in [2.45, 2.75) is 6.54 Å². The Bertz CT molecular complexity index is 1260. The van der Waals surface area contributed by atoms with Crippen molar-refractivity contribution in [3.05, 3.63) is 91.4 Å². The molecule has 0 aliphatic carbocycles. The predicted molar refractivity (Wildman–Crippen MR) is 112 cm³/mol. The van der Waals surface area contributed by atoms with Crippen LogP contribution in [0.3, 0.4) is 0 Å². The number of benzene rings is 1. The number of hydrogen-bond donors (Lipinski definition) is 1. The molecule has 0 aliphatic heterocycles. The Hall–Kier alpha value is -4.33. The van der Waals surface area contributed by atoms with Crippen molar-refractivity contribution in [2.75, 3.05) is 0 Å². The maximum Gasteiger partial charge on any atom is 0.290 e. The van der Waals surface area contributed by atoms with Crippen LogP contribution in [0.25, 0.3) is 28.2 Å². The highest BCUT2D eigenvalue weighted by molar-refractivity contribution is 5.79. The Morgan fingerprint density at radius 3 is 2.57 bits per heavy atom.